The van der Waals surface area contributed by atoms with Gasteiger partial charge in [0.05, 0.1) is 13.2 Å². The van der Waals surface area contributed by atoms with Gasteiger partial charge in [0.15, 0.2) is 0 Å². The molecule has 3 rings (SSSR count). The number of fused-ring (bicyclic) bond motifs is 1. The Bertz CT molecular complexity index is 925. The van der Waals surface area contributed by atoms with Crippen LogP contribution in [-0.4, -0.2) is 33.6 Å². The molecule has 2 heterocycles. The standard InChI is InChI=1S/C21H27N3O4/c1-2-3-4-5-6-7-8-19-23-20(24-28-19)15-9-10-17-16(11-15)12-18(27-17)21(22,13-25)14-26/h7-12,25-26H,2-6,13-14,22H2,1H3/b8-7+. The number of benzene rings is 1. The molecule has 1 aromatic carbocycles. The molecule has 28 heavy (non-hydrogen) atoms. The highest BCUT2D eigenvalue weighted by molar-refractivity contribution is 5.83. The van der Waals surface area contributed by atoms with E-state index in [1.807, 2.05) is 18.2 Å². The van der Waals surface area contributed by atoms with Crippen molar-refractivity contribution in [2.45, 2.75) is 44.6 Å². The van der Waals surface area contributed by atoms with Gasteiger partial charge in [0.2, 0.25) is 5.82 Å². The van der Waals surface area contributed by atoms with E-state index in [-0.39, 0.29) is 0 Å². The monoisotopic (exact) mass is 385 g/mol. The number of allylic oxidation sites excluding steroid dienone is 1. The van der Waals surface area contributed by atoms with Crippen molar-refractivity contribution < 1.29 is 19.2 Å². The highest BCUT2D eigenvalue weighted by Gasteiger charge is 2.30. The lowest BCUT2D eigenvalue weighted by Gasteiger charge is -2.21. The zero-order valence-electron chi connectivity index (χ0n) is 16.1. The number of nitrogens with zero attached hydrogens (tertiary/aromatic N) is 2. The summed E-state index contributed by atoms with van der Waals surface area (Å²) < 4.78 is 11.0. The molecule has 150 valence electrons. The fourth-order valence-corrected chi connectivity index (χ4v) is 2.93. The normalized spacial score (nSPS) is 12.4. The second-order valence-corrected chi connectivity index (χ2v) is 7.04. The van der Waals surface area contributed by atoms with Gasteiger partial charge in [-0.15, -0.1) is 0 Å². The van der Waals surface area contributed by atoms with Gasteiger partial charge in [-0.05, 0) is 43.2 Å². The van der Waals surface area contributed by atoms with Crippen LogP contribution in [0, 0.1) is 0 Å². The molecule has 0 amide bonds. The third-order valence-electron chi connectivity index (χ3n) is 4.76. The number of aromatic nitrogens is 2. The molecule has 0 atom stereocenters. The molecule has 0 unspecified atom stereocenters. The van der Waals surface area contributed by atoms with Crippen LogP contribution in [0.15, 0.2) is 39.3 Å². The van der Waals surface area contributed by atoms with E-state index in [0.29, 0.717) is 23.1 Å². The molecule has 0 aliphatic rings. The Morgan fingerprint density at radius 2 is 1.96 bits per heavy atom. The summed E-state index contributed by atoms with van der Waals surface area (Å²) in [6.45, 7) is 1.35. The highest BCUT2D eigenvalue weighted by atomic mass is 16.5. The number of unbranched alkanes of at least 4 members (excludes halogenated alkanes) is 4. The van der Waals surface area contributed by atoms with Crippen LogP contribution in [0.3, 0.4) is 0 Å². The van der Waals surface area contributed by atoms with Gasteiger partial charge < -0.3 is 24.9 Å². The Hall–Kier alpha value is -2.48. The molecule has 0 saturated heterocycles. The molecule has 3 aromatic rings. The van der Waals surface area contributed by atoms with Crippen LogP contribution in [0.2, 0.25) is 0 Å². The number of furan rings is 1. The third-order valence-corrected chi connectivity index (χ3v) is 4.76. The first-order valence-corrected chi connectivity index (χ1v) is 9.65. The molecule has 0 aliphatic heterocycles. The van der Waals surface area contributed by atoms with Crippen LogP contribution >= 0.6 is 0 Å². The minimum absolute atomic E-state index is 0.324. The number of hydrogen-bond acceptors (Lipinski definition) is 7. The summed E-state index contributed by atoms with van der Waals surface area (Å²) in [6.07, 6.45) is 9.79. The maximum atomic E-state index is 9.45. The summed E-state index contributed by atoms with van der Waals surface area (Å²) in [6, 6.07) is 7.18. The van der Waals surface area contributed by atoms with Crippen molar-refractivity contribution in [3.63, 3.8) is 0 Å². The topological polar surface area (TPSA) is 119 Å². The number of nitrogens with two attached hydrogens (primary N) is 1. The first-order valence-electron chi connectivity index (χ1n) is 9.65. The minimum atomic E-state index is -1.32. The van der Waals surface area contributed by atoms with Crippen molar-refractivity contribution in [3.05, 3.63) is 42.0 Å². The maximum absolute atomic E-state index is 9.45. The molecule has 0 bridgehead atoms. The van der Waals surface area contributed by atoms with Gasteiger partial charge in [-0.25, -0.2) is 0 Å². The quantitative estimate of drug-likeness (QED) is 0.456. The lowest BCUT2D eigenvalue weighted by molar-refractivity contribution is 0.105. The van der Waals surface area contributed by atoms with E-state index in [1.54, 1.807) is 12.1 Å². The minimum Gasteiger partial charge on any atom is -0.459 e. The lowest BCUT2D eigenvalue weighted by Crippen LogP contribution is -2.43. The summed E-state index contributed by atoms with van der Waals surface area (Å²) in [5, 5.41) is 23.7. The Labute approximate surface area is 163 Å². The predicted molar refractivity (Wildman–Crippen MR) is 107 cm³/mol. The SMILES string of the molecule is CCCCCC/C=C/c1nc(-c2ccc3oc(C(N)(CO)CO)cc3c2)no1. The van der Waals surface area contributed by atoms with Gasteiger partial charge in [-0.1, -0.05) is 37.4 Å². The van der Waals surface area contributed by atoms with E-state index in [2.05, 4.69) is 23.1 Å². The lowest BCUT2D eigenvalue weighted by atomic mass is 10.00. The molecule has 0 radical (unpaired) electrons. The van der Waals surface area contributed by atoms with E-state index < -0.39 is 18.8 Å². The van der Waals surface area contributed by atoms with Crippen molar-refractivity contribution >= 4 is 17.0 Å². The van der Waals surface area contributed by atoms with Crippen LogP contribution in [0.25, 0.3) is 28.4 Å². The van der Waals surface area contributed by atoms with Crippen molar-refractivity contribution in [2.24, 2.45) is 5.73 Å². The molecule has 2 aromatic heterocycles. The Morgan fingerprint density at radius 3 is 2.71 bits per heavy atom. The maximum Gasteiger partial charge on any atom is 0.250 e. The van der Waals surface area contributed by atoms with E-state index in [4.69, 9.17) is 14.7 Å². The van der Waals surface area contributed by atoms with Crippen LogP contribution < -0.4 is 5.73 Å². The molecule has 0 saturated carbocycles. The summed E-state index contributed by atoms with van der Waals surface area (Å²) >= 11 is 0. The molecule has 0 fully saturated rings. The molecule has 7 nitrogen and oxygen atoms in total. The smallest absolute Gasteiger partial charge is 0.250 e. The molecule has 0 aliphatic carbocycles. The van der Waals surface area contributed by atoms with Crippen LogP contribution in [-0.2, 0) is 5.54 Å². The van der Waals surface area contributed by atoms with Crippen LogP contribution in [0.4, 0.5) is 0 Å². The Kier molecular flexibility index (Phi) is 6.61. The Balaban J connectivity index is 1.74. The van der Waals surface area contributed by atoms with E-state index in [0.717, 1.165) is 23.8 Å². The highest BCUT2D eigenvalue weighted by Crippen LogP contribution is 2.29. The average molecular weight is 385 g/mol. The molecule has 4 N–H and O–H groups in total. The molecular formula is C21H27N3O4. The van der Waals surface area contributed by atoms with Crippen LogP contribution in [0.5, 0.6) is 0 Å². The number of hydrogen-bond donors (Lipinski definition) is 3. The zero-order valence-corrected chi connectivity index (χ0v) is 16.1. The molecule has 7 heteroatoms. The first-order chi connectivity index (χ1) is 13.6. The molecular weight excluding hydrogens is 358 g/mol. The second-order valence-electron chi connectivity index (χ2n) is 7.04. The summed E-state index contributed by atoms with van der Waals surface area (Å²) in [5.41, 5.74) is 6.04. The fourth-order valence-electron chi connectivity index (χ4n) is 2.93. The van der Waals surface area contributed by atoms with Crippen molar-refractivity contribution in [1.29, 1.82) is 0 Å². The molecule has 0 spiro atoms. The number of rotatable bonds is 10. The summed E-state index contributed by atoms with van der Waals surface area (Å²) in [4.78, 5) is 4.41. The van der Waals surface area contributed by atoms with E-state index >= 15 is 0 Å². The van der Waals surface area contributed by atoms with Gasteiger partial charge in [0, 0.05) is 10.9 Å². The second kappa shape index (κ2) is 9.14. The van der Waals surface area contributed by atoms with Gasteiger partial charge >= 0.3 is 0 Å². The largest absolute Gasteiger partial charge is 0.459 e. The van der Waals surface area contributed by atoms with Crippen molar-refractivity contribution in [2.75, 3.05) is 13.2 Å². The summed E-state index contributed by atoms with van der Waals surface area (Å²) in [5.74, 6) is 1.28. The number of aliphatic hydroxyl groups is 2. The zero-order chi connectivity index (χ0) is 20.0. The summed E-state index contributed by atoms with van der Waals surface area (Å²) in [7, 11) is 0. The van der Waals surface area contributed by atoms with Crippen molar-refractivity contribution in [1.82, 2.24) is 10.1 Å². The van der Waals surface area contributed by atoms with Gasteiger partial charge in [-0.3, -0.25) is 0 Å². The van der Waals surface area contributed by atoms with Gasteiger partial charge in [0.25, 0.3) is 5.89 Å². The third kappa shape index (κ3) is 4.49. The Morgan fingerprint density at radius 1 is 1.14 bits per heavy atom. The first kappa shape index (κ1) is 20.3. The van der Waals surface area contributed by atoms with E-state index in [1.165, 1.54) is 19.3 Å². The van der Waals surface area contributed by atoms with Gasteiger partial charge in [-0.2, -0.15) is 4.98 Å². The number of aliphatic hydroxyl groups excluding tert-OH is 2. The average Bonchev–Trinajstić information content (AvgIpc) is 3.36. The van der Waals surface area contributed by atoms with E-state index in [9.17, 15) is 10.2 Å². The fraction of sp³-hybridized carbons (Fsp3) is 0.429. The van der Waals surface area contributed by atoms with Crippen molar-refractivity contribution in [3.8, 4) is 11.4 Å². The van der Waals surface area contributed by atoms with Gasteiger partial charge in [0.1, 0.15) is 16.9 Å². The predicted octanol–water partition coefficient (Wildman–Crippen LogP) is 3.61. The van der Waals surface area contributed by atoms with Crippen LogP contribution in [0.1, 0.15) is 50.7 Å².